The highest BCUT2D eigenvalue weighted by molar-refractivity contribution is 6.02. The highest BCUT2D eigenvalue weighted by Gasteiger charge is 2.11. The minimum Gasteiger partial charge on any atom is -0.312 e. The first-order valence-electron chi connectivity index (χ1n) is 6.50. The van der Waals surface area contributed by atoms with Crippen LogP contribution in [0.25, 0.3) is 10.8 Å². The third kappa shape index (κ3) is 2.89. The molecule has 0 N–H and O–H groups in total. The van der Waals surface area contributed by atoms with Gasteiger partial charge in [0.2, 0.25) is 5.91 Å². The topological polar surface area (TPSA) is 20.3 Å². The van der Waals surface area contributed by atoms with E-state index in [0.29, 0.717) is 6.54 Å². The van der Waals surface area contributed by atoms with Crippen molar-refractivity contribution in [3.63, 3.8) is 0 Å². The summed E-state index contributed by atoms with van der Waals surface area (Å²) < 4.78 is 0. The maximum atomic E-state index is 11.5. The van der Waals surface area contributed by atoms with E-state index in [9.17, 15) is 4.79 Å². The predicted molar refractivity (Wildman–Crippen MR) is 79.0 cm³/mol. The van der Waals surface area contributed by atoms with Crippen molar-refractivity contribution in [3.05, 3.63) is 42.5 Å². The summed E-state index contributed by atoms with van der Waals surface area (Å²) in [6.07, 6.45) is 0. The average Bonchev–Trinajstić information content (AvgIpc) is 2.42. The third-order valence-corrected chi connectivity index (χ3v) is 2.75. The molecule has 0 saturated heterocycles. The van der Waals surface area contributed by atoms with Gasteiger partial charge in [-0.15, -0.1) is 0 Å². The molecule has 2 rings (SSSR count). The van der Waals surface area contributed by atoms with Crippen LogP contribution in [0.1, 0.15) is 27.7 Å². The summed E-state index contributed by atoms with van der Waals surface area (Å²) in [6, 6.07) is 14.2. The number of carbonyl (C=O) groups excluding carboxylic acids is 1. The van der Waals surface area contributed by atoms with Crippen molar-refractivity contribution in [1.29, 1.82) is 0 Å². The highest BCUT2D eigenvalue weighted by atomic mass is 16.2. The van der Waals surface area contributed by atoms with Crippen LogP contribution in [-0.2, 0) is 4.79 Å². The zero-order valence-electron chi connectivity index (χ0n) is 11.6. The van der Waals surface area contributed by atoms with Gasteiger partial charge in [0.15, 0.2) is 0 Å². The van der Waals surface area contributed by atoms with Crippen LogP contribution in [-0.4, -0.2) is 12.5 Å². The molecule has 0 fully saturated rings. The van der Waals surface area contributed by atoms with Gasteiger partial charge < -0.3 is 4.90 Å². The SMILES string of the molecule is CC.CCN(C(C)=O)c1cccc2ccccc12. The van der Waals surface area contributed by atoms with Crippen LogP contribution in [0, 0.1) is 0 Å². The molecule has 1 amide bonds. The van der Waals surface area contributed by atoms with Crippen molar-refractivity contribution in [2.45, 2.75) is 27.7 Å². The fourth-order valence-corrected chi connectivity index (χ4v) is 2.01. The van der Waals surface area contributed by atoms with Gasteiger partial charge in [-0.05, 0) is 18.4 Å². The van der Waals surface area contributed by atoms with Crippen molar-refractivity contribution >= 4 is 22.4 Å². The Morgan fingerprint density at radius 2 is 1.67 bits per heavy atom. The summed E-state index contributed by atoms with van der Waals surface area (Å²) in [5.41, 5.74) is 0.994. The normalized spacial score (nSPS) is 9.56. The van der Waals surface area contributed by atoms with Crippen LogP contribution in [0.5, 0.6) is 0 Å². The van der Waals surface area contributed by atoms with Crippen LogP contribution in [0.4, 0.5) is 5.69 Å². The lowest BCUT2D eigenvalue weighted by Crippen LogP contribution is -2.27. The first kappa shape index (κ1) is 14.2. The monoisotopic (exact) mass is 243 g/mol. The van der Waals surface area contributed by atoms with Gasteiger partial charge in [0.05, 0.1) is 5.69 Å². The van der Waals surface area contributed by atoms with Crippen molar-refractivity contribution in [1.82, 2.24) is 0 Å². The van der Waals surface area contributed by atoms with Crippen LogP contribution >= 0.6 is 0 Å². The van der Waals surface area contributed by atoms with E-state index in [0.717, 1.165) is 11.1 Å². The van der Waals surface area contributed by atoms with Gasteiger partial charge in [0, 0.05) is 18.9 Å². The molecule has 0 saturated carbocycles. The maximum Gasteiger partial charge on any atom is 0.223 e. The van der Waals surface area contributed by atoms with Crippen LogP contribution in [0.15, 0.2) is 42.5 Å². The summed E-state index contributed by atoms with van der Waals surface area (Å²) in [5.74, 6) is 0.0823. The number of amides is 1. The Morgan fingerprint density at radius 3 is 2.28 bits per heavy atom. The number of nitrogens with zero attached hydrogens (tertiary/aromatic N) is 1. The molecule has 2 heteroatoms. The Hall–Kier alpha value is -1.83. The summed E-state index contributed by atoms with van der Waals surface area (Å²) >= 11 is 0. The lowest BCUT2D eigenvalue weighted by atomic mass is 10.1. The van der Waals surface area contributed by atoms with E-state index in [1.807, 2.05) is 45.0 Å². The molecule has 0 bridgehead atoms. The standard InChI is InChI=1S/C14H15NO.C2H6/c1-3-15(11(2)16)14-10-6-8-12-7-4-5-9-13(12)14;1-2/h4-10H,3H2,1-2H3;1-2H3. The number of fused-ring (bicyclic) bond motifs is 1. The minimum absolute atomic E-state index is 0.0823. The van der Waals surface area contributed by atoms with Crippen molar-refractivity contribution in [3.8, 4) is 0 Å². The van der Waals surface area contributed by atoms with Gasteiger partial charge in [-0.3, -0.25) is 4.79 Å². The quantitative estimate of drug-likeness (QED) is 0.772. The molecule has 0 spiro atoms. The van der Waals surface area contributed by atoms with Gasteiger partial charge in [-0.25, -0.2) is 0 Å². The average molecular weight is 243 g/mol. The van der Waals surface area contributed by atoms with E-state index in [1.165, 1.54) is 5.39 Å². The second-order valence-corrected chi connectivity index (χ2v) is 3.76. The molecule has 0 unspecified atom stereocenters. The molecule has 0 aliphatic rings. The molecule has 2 aromatic carbocycles. The van der Waals surface area contributed by atoms with Gasteiger partial charge in [-0.1, -0.05) is 50.2 Å². The number of anilines is 1. The second kappa shape index (κ2) is 6.80. The lowest BCUT2D eigenvalue weighted by Gasteiger charge is -2.20. The summed E-state index contributed by atoms with van der Waals surface area (Å²) in [6.45, 7) is 8.29. The van der Waals surface area contributed by atoms with Gasteiger partial charge in [0.1, 0.15) is 0 Å². The van der Waals surface area contributed by atoms with Crippen LogP contribution in [0.3, 0.4) is 0 Å². The summed E-state index contributed by atoms with van der Waals surface area (Å²) in [4.78, 5) is 13.3. The number of hydrogen-bond acceptors (Lipinski definition) is 1. The molecule has 0 heterocycles. The Labute approximate surface area is 109 Å². The molecule has 2 aromatic rings. The minimum atomic E-state index is 0.0823. The predicted octanol–water partition coefficient (Wildman–Crippen LogP) is 4.24. The van der Waals surface area contributed by atoms with Gasteiger partial charge in [0.25, 0.3) is 0 Å². The zero-order chi connectivity index (χ0) is 13.5. The number of hydrogen-bond donors (Lipinski definition) is 0. The molecule has 0 aromatic heterocycles. The van der Waals surface area contributed by atoms with E-state index < -0.39 is 0 Å². The fraction of sp³-hybridized carbons (Fsp3) is 0.312. The van der Waals surface area contributed by atoms with E-state index in [1.54, 1.807) is 11.8 Å². The first-order valence-corrected chi connectivity index (χ1v) is 6.50. The highest BCUT2D eigenvalue weighted by Crippen LogP contribution is 2.26. The molecule has 18 heavy (non-hydrogen) atoms. The zero-order valence-corrected chi connectivity index (χ0v) is 11.6. The molecule has 0 aliphatic carbocycles. The number of rotatable bonds is 2. The number of benzene rings is 2. The Balaban J connectivity index is 0.000000771. The smallest absolute Gasteiger partial charge is 0.223 e. The van der Waals surface area contributed by atoms with Crippen molar-refractivity contribution in [2.24, 2.45) is 0 Å². The van der Waals surface area contributed by atoms with E-state index >= 15 is 0 Å². The largest absolute Gasteiger partial charge is 0.312 e. The summed E-state index contributed by atoms with van der Waals surface area (Å²) in [7, 11) is 0. The Kier molecular flexibility index (Phi) is 5.37. The second-order valence-electron chi connectivity index (χ2n) is 3.76. The molecule has 96 valence electrons. The molecule has 0 radical (unpaired) electrons. The summed E-state index contributed by atoms with van der Waals surface area (Å²) in [5, 5.41) is 2.29. The van der Waals surface area contributed by atoms with Crippen molar-refractivity contribution in [2.75, 3.05) is 11.4 Å². The molecule has 0 aliphatic heterocycles. The maximum absolute atomic E-state index is 11.5. The molecule has 0 atom stereocenters. The fourth-order valence-electron chi connectivity index (χ4n) is 2.01. The van der Waals surface area contributed by atoms with Gasteiger partial charge in [-0.2, -0.15) is 0 Å². The van der Waals surface area contributed by atoms with E-state index in [-0.39, 0.29) is 5.91 Å². The Morgan fingerprint density at radius 1 is 1.06 bits per heavy atom. The number of carbonyl (C=O) groups is 1. The van der Waals surface area contributed by atoms with Crippen LogP contribution in [0.2, 0.25) is 0 Å². The van der Waals surface area contributed by atoms with Gasteiger partial charge >= 0.3 is 0 Å². The molecular weight excluding hydrogens is 222 g/mol. The van der Waals surface area contributed by atoms with E-state index in [4.69, 9.17) is 0 Å². The molecule has 2 nitrogen and oxygen atoms in total. The first-order chi connectivity index (χ1) is 8.74. The van der Waals surface area contributed by atoms with Crippen LogP contribution < -0.4 is 4.90 Å². The third-order valence-electron chi connectivity index (χ3n) is 2.75. The molecular formula is C16H21NO. The lowest BCUT2D eigenvalue weighted by molar-refractivity contribution is -0.116. The van der Waals surface area contributed by atoms with E-state index in [2.05, 4.69) is 18.2 Å². The Bertz CT molecular complexity index is 514. The van der Waals surface area contributed by atoms with Crippen molar-refractivity contribution < 1.29 is 4.79 Å².